The van der Waals surface area contributed by atoms with Crippen molar-refractivity contribution in [1.82, 2.24) is 9.82 Å². The molecular weight excluding hydrogens is 200 g/mol. The molecule has 0 aliphatic carbocycles. The average Bonchev–Trinajstić information content (AvgIpc) is 2.47. The van der Waals surface area contributed by atoms with Crippen LogP contribution in [-0.2, 0) is 9.47 Å². The molecule has 1 saturated heterocycles. The maximum absolute atomic E-state index is 6.56. The lowest BCUT2D eigenvalue weighted by Crippen LogP contribution is -2.28. The first-order valence-corrected chi connectivity index (χ1v) is 4.51. The summed E-state index contributed by atoms with van der Waals surface area (Å²) in [5, 5.41) is 7.09. The molecule has 8 heteroatoms. The van der Waals surface area contributed by atoms with Crippen molar-refractivity contribution >= 4 is 0 Å². The first kappa shape index (κ1) is 11.6. The van der Waals surface area contributed by atoms with E-state index in [1.165, 1.54) is 0 Å². The van der Waals surface area contributed by atoms with Crippen molar-refractivity contribution in [2.45, 2.75) is 31.8 Å². The van der Waals surface area contributed by atoms with E-state index in [9.17, 15) is 0 Å². The average molecular weight is 214 g/mol. The summed E-state index contributed by atoms with van der Waals surface area (Å²) in [5.41, 5.74) is 13.1. The summed E-state index contributed by atoms with van der Waals surface area (Å²) in [7, 11) is 0. The second-order valence-electron chi connectivity index (χ2n) is 3.56. The quantitative estimate of drug-likeness (QED) is 0.526. The number of nitrogens with zero attached hydrogens (tertiary/aromatic N) is 4. The Kier molecular flexibility index (Phi) is 3.76. The third-order valence-corrected chi connectivity index (χ3v) is 1.95. The van der Waals surface area contributed by atoms with Crippen molar-refractivity contribution in [3.63, 3.8) is 0 Å². The highest BCUT2D eigenvalue weighted by Gasteiger charge is 2.42. The Balaban J connectivity index is 2.64. The van der Waals surface area contributed by atoms with Crippen molar-refractivity contribution in [3.8, 4) is 0 Å². The van der Waals surface area contributed by atoms with E-state index in [4.69, 9.17) is 20.5 Å². The van der Waals surface area contributed by atoms with E-state index in [-0.39, 0.29) is 25.3 Å². The minimum Gasteiger partial charge on any atom is -0.342 e. The summed E-state index contributed by atoms with van der Waals surface area (Å²) in [6.45, 7) is 4.08. The van der Waals surface area contributed by atoms with Gasteiger partial charge in [0.1, 0.15) is 33.5 Å². The predicted octanol–water partition coefficient (Wildman–Crippen LogP) is 0.607. The van der Waals surface area contributed by atoms with Crippen LogP contribution >= 0.6 is 0 Å². The molecule has 0 unspecified atom stereocenters. The molecule has 2 atom stereocenters. The molecule has 0 bridgehead atoms. The van der Waals surface area contributed by atoms with Gasteiger partial charge in [-0.05, 0) is 13.8 Å². The van der Waals surface area contributed by atoms with E-state index in [1.54, 1.807) is 13.8 Å². The van der Waals surface area contributed by atoms with E-state index >= 15 is 0 Å². The standard InChI is InChI=1S/C7H14N6O2/c1-7(2)14-5(3-10-12-8)6(15-7)4-11-13-9/h5-6,8-9H,3-4H2,1-2H3/q+2/t5-,6-/m0/s1. The fourth-order valence-electron chi connectivity index (χ4n) is 1.46. The van der Waals surface area contributed by atoms with Gasteiger partial charge in [0.15, 0.2) is 18.9 Å². The highest BCUT2D eigenvalue weighted by molar-refractivity contribution is 4.83. The van der Waals surface area contributed by atoms with E-state index < -0.39 is 5.79 Å². The lowest BCUT2D eigenvalue weighted by atomic mass is 10.2. The number of rotatable bonds is 4. The summed E-state index contributed by atoms with van der Waals surface area (Å²) in [5.74, 6) is -0.690. The van der Waals surface area contributed by atoms with Crippen LogP contribution in [0.1, 0.15) is 13.8 Å². The van der Waals surface area contributed by atoms with E-state index in [0.29, 0.717) is 0 Å². The van der Waals surface area contributed by atoms with Gasteiger partial charge in [0.2, 0.25) is 9.82 Å². The highest BCUT2D eigenvalue weighted by Crippen LogP contribution is 2.28. The topological polar surface area (TPSA) is 119 Å². The Morgan fingerprint density at radius 1 is 1.07 bits per heavy atom. The molecule has 1 rings (SSSR count). The van der Waals surface area contributed by atoms with E-state index in [1.807, 2.05) is 0 Å². The molecule has 1 heterocycles. The van der Waals surface area contributed by atoms with Crippen LogP contribution in [0.25, 0.3) is 0 Å². The van der Waals surface area contributed by atoms with Gasteiger partial charge >= 0.3 is 0 Å². The number of hydrogen-bond donors (Lipinski definition) is 2. The van der Waals surface area contributed by atoms with Gasteiger partial charge in [0.05, 0.1) is 0 Å². The van der Waals surface area contributed by atoms with Crippen LogP contribution < -0.4 is 9.82 Å². The zero-order valence-electron chi connectivity index (χ0n) is 8.67. The molecule has 8 nitrogen and oxygen atoms in total. The fourth-order valence-corrected chi connectivity index (χ4v) is 1.46. The Morgan fingerprint density at radius 2 is 1.47 bits per heavy atom. The number of hydrogen-bond acceptors (Lipinski definition) is 6. The molecular formula is C7H14N6O2+2. The molecule has 1 aliphatic heterocycles. The van der Waals surface area contributed by atoms with Crippen LogP contribution in [0.15, 0.2) is 10.2 Å². The van der Waals surface area contributed by atoms with Gasteiger partial charge in [-0.15, -0.1) is 0 Å². The lowest BCUT2D eigenvalue weighted by Gasteiger charge is -2.15. The van der Waals surface area contributed by atoms with Gasteiger partial charge in [-0.1, -0.05) is 0 Å². The minimum absolute atomic E-state index is 0.255. The number of nitrogens with one attached hydrogen (secondary N) is 2. The SMILES string of the molecule is CC1(C)O[C@@H](CN=[N+]=N)[C@H](CN=[N+]=N)O1. The molecule has 0 aromatic rings. The molecule has 82 valence electrons. The molecule has 15 heavy (non-hydrogen) atoms. The number of ether oxygens (including phenoxy) is 2. The molecule has 2 N–H and O–H groups in total. The van der Waals surface area contributed by atoms with Gasteiger partial charge in [0, 0.05) is 0 Å². The highest BCUT2D eigenvalue weighted by atomic mass is 16.8. The normalized spacial score (nSPS) is 27.9. The maximum atomic E-state index is 6.56. The Hall–Kier alpha value is -1.46. The van der Waals surface area contributed by atoms with E-state index in [2.05, 4.69) is 20.1 Å². The van der Waals surface area contributed by atoms with Gasteiger partial charge in [-0.2, -0.15) is 0 Å². The van der Waals surface area contributed by atoms with Crippen LogP contribution in [-0.4, -0.2) is 31.1 Å². The molecule has 1 aliphatic rings. The van der Waals surface area contributed by atoms with Crippen LogP contribution in [0.5, 0.6) is 0 Å². The zero-order valence-corrected chi connectivity index (χ0v) is 8.67. The predicted molar refractivity (Wildman–Crippen MR) is 48.1 cm³/mol. The van der Waals surface area contributed by atoms with Crippen molar-refractivity contribution in [3.05, 3.63) is 0 Å². The Morgan fingerprint density at radius 3 is 1.80 bits per heavy atom. The zero-order chi connectivity index (χ0) is 11.3. The monoisotopic (exact) mass is 214 g/mol. The molecule has 0 spiro atoms. The molecule has 0 aromatic carbocycles. The smallest absolute Gasteiger partial charge is 0.214 e. The van der Waals surface area contributed by atoms with Crippen LogP contribution in [0.4, 0.5) is 0 Å². The molecule has 0 radical (unpaired) electrons. The lowest BCUT2D eigenvalue weighted by molar-refractivity contribution is -0.144. The van der Waals surface area contributed by atoms with Gasteiger partial charge < -0.3 is 9.47 Å². The summed E-state index contributed by atoms with van der Waals surface area (Å²) < 4.78 is 11.1. The molecule has 0 amide bonds. The Labute approximate surface area is 86.4 Å². The second kappa shape index (κ2) is 4.86. The van der Waals surface area contributed by atoms with Gasteiger partial charge in [-0.25, -0.2) is 0 Å². The second-order valence-corrected chi connectivity index (χ2v) is 3.56. The largest absolute Gasteiger partial charge is 0.342 e. The first-order valence-electron chi connectivity index (χ1n) is 4.51. The van der Waals surface area contributed by atoms with Crippen molar-refractivity contribution in [1.29, 1.82) is 11.1 Å². The van der Waals surface area contributed by atoms with Gasteiger partial charge in [-0.3, -0.25) is 0 Å². The molecule has 1 fully saturated rings. The van der Waals surface area contributed by atoms with Crippen LogP contribution in [0.3, 0.4) is 0 Å². The van der Waals surface area contributed by atoms with Gasteiger partial charge in [0.25, 0.3) is 0 Å². The minimum atomic E-state index is -0.690. The third-order valence-electron chi connectivity index (χ3n) is 1.95. The molecule has 0 aromatic heterocycles. The van der Waals surface area contributed by atoms with Crippen molar-refractivity contribution in [2.75, 3.05) is 13.1 Å². The maximum Gasteiger partial charge on any atom is 0.214 e. The summed E-state index contributed by atoms with van der Waals surface area (Å²) in [6, 6.07) is 0. The van der Waals surface area contributed by atoms with Crippen LogP contribution in [0, 0.1) is 11.1 Å². The summed E-state index contributed by atoms with van der Waals surface area (Å²) >= 11 is 0. The third kappa shape index (κ3) is 3.30. The molecule has 0 saturated carbocycles. The summed E-state index contributed by atoms with van der Waals surface area (Å²) in [4.78, 5) is 5.82. The Bertz CT molecular complexity index is 287. The van der Waals surface area contributed by atoms with Crippen LogP contribution in [0.2, 0.25) is 0 Å². The van der Waals surface area contributed by atoms with Crippen molar-refractivity contribution in [2.24, 2.45) is 10.2 Å². The first-order chi connectivity index (χ1) is 7.09. The summed E-state index contributed by atoms with van der Waals surface area (Å²) in [6.07, 6.45) is -0.584. The van der Waals surface area contributed by atoms with Crippen molar-refractivity contribution < 1.29 is 9.47 Å². The fraction of sp³-hybridized carbons (Fsp3) is 1.00. The van der Waals surface area contributed by atoms with E-state index in [0.717, 1.165) is 0 Å².